The predicted octanol–water partition coefficient (Wildman–Crippen LogP) is 2.09. The third kappa shape index (κ3) is 4.20. The zero-order valence-electron chi connectivity index (χ0n) is 11.5. The lowest BCUT2D eigenvalue weighted by Gasteiger charge is -2.18. The molecule has 0 radical (unpaired) electrons. The molecule has 4 nitrogen and oxygen atoms in total. The monoisotopic (exact) mass is 252 g/mol. The predicted molar refractivity (Wildman–Crippen MR) is 74.3 cm³/mol. The number of nitrogens with one attached hydrogen (secondary N) is 1. The third-order valence-electron chi connectivity index (χ3n) is 2.99. The summed E-state index contributed by atoms with van der Waals surface area (Å²) < 4.78 is 10.6. The molecule has 1 aromatic rings. The van der Waals surface area contributed by atoms with Crippen molar-refractivity contribution in [1.82, 2.24) is 5.32 Å². The SMILES string of the molecule is COc1ccc(C(C)NCCCCN)c(OC)c1. The van der Waals surface area contributed by atoms with Crippen LogP contribution in [0.4, 0.5) is 0 Å². The molecule has 0 spiro atoms. The van der Waals surface area contributed by atoms with Crippen LogP contribution < -0.4 is 20.5 Å². The van der Waals surface area contributed by atoms with Gasteiger partial charge in [0, 0.05) is 17.7 Å². The Morgan fingerprint density at radius 1 is 1.22 bits per heavy atom. The largest absolute Gasteiger partial charge is 0.497 e. The van der Waals surface area contributed by atoms with E-state index in [1.54, 1.807) is 14.2 Å². The van der Waals surface area contributed by atoms with Crippen LogP contribution in [-0.4, -0.2) is 27.3 Å². The zero-order valence-corrected chi connectivity index (χ0v) is 11.5. The number of methoxy groups -OCH3 is 2. The number of unbranched alkanes of at least 4 members (excludes halogenated alkanes) is 1. The van der Waals surface area contributed by atoms with Crippen LogP contribution >= 0.6 is 0 Å². The van der Waals surface area contributed by atoms with E-state index in [0.717, 1.165) is 43.0 Å². The highest BCUT2D eigenvalue weighted by atomic mass is 16.5. The molecule has 3 N–H and O–H groups in total. The van der Waals surface area contributed by atoms with Crippen LogP contribution in [-0.2, 0) is 0 Å². The fourth-order valence-electron chi connectivity index (χ4n) is 1.87. The fraction of sp³-hybridized carbons (Fsp3) is 0.571. The summed E-state index contributed by atoms with van der Waals surface area (Å²) in [6.45, 7) is 3.85. The molecule has 1 unspecified atom stereocenters. The van der Waals surface area contributed by atoms with Crippen LogP contribution in [0.5, 0.6) is 11.5 Å². The minimum Gasteiger partial charge on any atom is -0.497 e. The molecule has 18 heavy (non-hydrogen) atoms. The number of nitrogens with two attached hydrogens (primary N) is 1. The van der Waals surface area contributed by atoms with Gasteiger partial charge >= 0.3 is 0 Å². The van der Waals surface area contributed by atoms with E-state index in [1.807, 2.05) is 18.2 Å². The average Bonchev–Trinajstić information content (AvgIpc) is 2.42. The number of benzene rings is 1. The first-order valence-electron chi connectivity index (χ1n) is 6.38. The van der Waals surface area contributed by atoms with Gasteiger partial charge in [-0.15, -0.1) is 0 Å². The van der Waals surface area contributed by atoms with Gasteiger partial charge in [0.15, 0.2) is 0 Å². The summed E-state index contributed by atoms with van der Waals surface area (Å²) in [5.41, 5.74) is 6.62. The maximum absolute atomic E-state index is 5.47. The van der Waals surface area contributed by atoms with E-state index in [9.17, 15) is 0 Å². The van der Waals surface area contributed by atoms with Crippen LogP contribution in [0.2, 0.25) is 0 Å². The first-order chi connectivity index (χ1) is 8.72. The van der Waals surface area contributed by atoms with Gasteiger partial charge in [-0.05, 0) is 38.9 Å². The van der Waals surface area contributed by atoms with Crippen molar-refractivity contribution in [3.8, 4) is 11.5 Å². The lowest BCUT2D eigenvalue weighted by Crippen LogP contribution is -2.21. The quantitative estimate of drug-likeness (QED) is 0.696. The van der Waals surface area contributed by atoms with Gasteiger partial charge in [-0.25, -0.2) is 0 Å². The number of rotatable bonds is 8. The molecule has 0 fully saturated rings. The fourth-order valence-corrected chi connectivity index (χ4v) is 1.87. The summed E-state index contributed by atoms with van der Waals surface area (Å²) in [6, 6.07) is 6.16. The van der Waals surface area contributed by atoms with Crippen molar-refractivity contribution in [1.29, 1.82) is 0 Å². The summed E-state index contributed by atoms with van der Waals surface area (Å²) in [6.07, 6.45) is 2.15. The van der Waals surface area contributed by atoms with Crippen molar-refractivity contribution >= 4 is 0 Å². The van der Waals surface area contributed by atoms with Crippen LogP contribution in [0, 0.1) is 0 Å². The van der Waals surface area contributed by atoms with E-state index in [-0.39, 0.29) is 6.04 Å². The number of ether oxygens (including phenoxy) is 2. The van der Waals surface area contributed by atoms with E-state index in [4.69, 9.17) is 15.2 Å². The Balaban J connectivity index is 2.63. The third-order valence-corrected chi connectivity index (χ3v) is 2.99. The standard InChI is InChI=1S/C14H24N2O2/c1-11(16-9-5-4-8-15)13-7-6-12(17-2)10-14(13)18-3/h6-7,10-11,16H,4-5,8-9,15H2,1-3H3. The van der Waals surface area contributed by atoms with Crippen molar-refractivity contribution in [2.45, 2.75) is 25.8 Å². The van der Waals surface area contributed by atoms with E-state index in [2.05, 4.69) is 12.2 Å². The normalized spacial score (nSPS) is 12.2. The molecular weight excluding hydrogens is 228 g/mol. The maximum atomic E-state index is 5.47. The summed E-state index contributed by atoms with van der Waals surface area (Å²) >= 11 is 0. The second-order valence-electron chi connectivity index (χ2n) is 4.28. The Hall–Kier alpha value is -1.26. The summed E-state index contributed by atoms with van der Waals surface area (Å²) in [5, 5.41) is 3.47. The molecule has 102 valence electrons. The first-order valence-corrected chi connectivity index (χ1v) is 6.38. The van der Waals surface area contributed by atoms with Crippen molar-refractivity contribution in [3.05, 3.63) is 23.8 Å². The molecule has 0 heterocycles. The lowest BCUT2D eigenvalue weighted by molar-refractivity contribution is 0.385. The molecule has 1 aromatic carbocycles. The Morgan fingerprint density at radius 2 is 2.00 bits per heavy atom. The van der Waals surface area contributed by atoms with Gasteiger partial charge in [0.1, 0.15) is 11.5 Å². The second-order valence-corrected chi connectivity index (χ2v) is 4.28. The maximum Gasteiger partial charge on any atom is 0.127 e. The minimum absolute atomic E-state index is 0.253. The summed E-state index contributed by atoms with van der Waals surface area (Å²) in [5.74, 6) is 1.67. The van der Waals surface area contributed by atoms with Gasteiger partial charge < -0.3 is 20.5 Å². The van der Waals surface area contributed by atoms with Gasteiger partial charge in [0.25, 0.3) is 0 Å². The number of hydrogen-bond acceptors (Lipinski definition) is 4. The number of hydrogen-bond donors (Lipinski definition) is 2. The van der Waals surface area contributed by atoms with E-state index in [1.165, 1.54) is 0 Å². The molecule has 0 saturated carbocycles. The molecule has 4 heteroatoms. The molecule has 0 aliphatic heterocycles. The van der Waals surface area contributed by atoms with Gasteiger partial charge in [-0.1, -0.05) is 6.07 Å². The van der Waals surface area contributed by atoms with Crippen molar-refractivity contribution in [2.24, 2.45) is 5.73 Å². The van der Waals surface area contributed by atoms with E-state index >= 15 is 0 Å². The average molecular weight is 252 g/mol. The molecule has 0 aliphatic rings. The molecule has 1 atom stereocenters. The molecule has 0 aromatic heterocycles. The highest BCUT2D eigenvalue weighted by molar-refractivity contribution is 5.42. The zero-order chi connectivity index (χ0) is 13.4. The first kappa shape index (κ1) is 14.8. The highest BCUT2D eigenvalue weighted by Crippen LogP contribution is 2.29. The van der Waals surface area contributed by atoms with Crippen LogP contribution in [0.15, 0.2) is 18.2 Å². The van der Waals surface area contributed by atoms with Gasteiger partial charge in [-0.3, -0.25) is 0 Å². The van der Waals surface area contributed by atoms with Gasteiger partial charge in [0.2, 0.25) is 0 Å². The van der Waals surface area contributed by atoms with Crippen LogP contribution in [0.3, 0.4) is 0 Å². The van der Waals surface area contributed by atoms with Crippen LogP contribution in [0.1, 0.15) is 31.4 Å². The topological polar surface area (TPSA) is 56.5 Å². The van der Waals surface area contributed by atoms with Gasteiger partial charge in [0.05, 0.1) is 14.2 Å². The Kier molecular flexibility index (Phi) is 6.54. The highest BCUT2D eigenvalue weighted by Gasteiger charge is 2.11. The summed E-state index contributed by atoms with van der Waals surface area (Å²) in [7, 11) is 3.34. The minimum atomic E-state index is 0.253. The van der Waals surface area contributed by atoms with Gasteiger partial charge in [-0.2, -0.15) is 0 Å². The second kappa shape index (κ2) is 7.95. The Morgan fingerprint density at radius 3 is 2.61 bits per heavy atom. The van der Waals surface area contributed by atoms with Crippen molar-refractivity contribution in [2.75, 3.05) is 27.3 Å². The lowest BCUT2D eigenvalue weighted by atomic mass is 10.1. The van der Waals surface area contributed by atoms with Crippen molar-refractivity contribution in [3.63, 3.8) is 0 Å². The molecule has 0 aliphatic carbocycles. The molecule has 0 saturated heterocycles. The Labute approximate surface area is 109 Å². The smallest absolute Gasteiger partial charge is 0.127 e. The molecule has 0 amide bonds. The summed E-state index contributed by atoms with van der Waals surface area (Å²) in [4.78, 5) is 0. The Bertz CT molecular complexity index is 356. The molecule has 1 rings (SSSR count). The van der Waals surface area contributed by atoms with E-state index < -0.39 is 0 Å². The van der Waals surface area contributed by atoms with Crippen LogP contribution in [0.25, 0.3) is 0 Å². The van der Waals surface area contributed by atoms with Crippen molar-refractivity contribution < 1.29 is 9.47 Å². The van der Waals surface area contributed by atoms with E-state index in [0.29, 0.717) is 0 Å². The molecular formula is C14H24N2O2. The molecule has 0 bridgehead atoms.